The number of ether oxygens (including phenoxy) is 1. The number of amides is 1. The van der Waals surface area contributed by atoms with Crippen molar-refractivity contribution in [1.82, 2.24) is 0 Å². The van der Waals surface area contributed by atoms with E-state index >= 15 is 0 Å². The van der Waals surface area contributed by atoms with E-state index in [2.05, 4.69) is 13.8 Å². The molecule has 0 aliphatic carbocycles. The number of rotatable bonds is 2. The minimum atomic E-state index is -0.379. The standard InChI is InChI=1S/C13H16O2.C7H7NO/c1-9(14)10-4-5-12-11(8-10)6-7-13(2,3)15-12;8-7(9)6-4-2-1-3-5-6/h4-5,8H,6-7H2,1-3H3;1-5H,(H2,8,9). The van der Waals surface area contributed by atoms with Crippen LogP contribution < -0.4 is 10.5 Å². The van der Waals surface area contributed by atoms with Crippen molar-refractivity contribution in [2.75, 3.05) is 0 Å². The number of ketones is 1. The van der Waals surface area contributed by atoms with E-state index in [9.17, 15) is 9.59 Å². The van der Waals surface area contributed by atoms with E-state index in [4.69, 9.17) is 10.5 Å². The number of hydrogen-bond acceptors (Lipinski definition) is 3. The summed E-state index contributed by atoms with van der Waals surface area (Å²) < 4.78 is 5.84. The van der Waals surface area contributed by atoms with Crippen LogP contribution in [0.25, 0.3) is 0 Å². The summed E-state index contributed by atoms with van der Waals surface area (Å²) in [5.74, 6) is 0.662. The van der Waals surface area contributed by atoms with Gasteiger partial charge in [-0.05, 0) is 69.5 Å². The number of benzene rings is 2. The van der Waals surface area contributed by atoms with E-state index in [1.165, 1.54) is 0 Å². The predicted molar refractivity (Wildman–Crippen MR) is 94.4 cm³/mol. The molecule has 0 saturated heterocycles. The molecule has 0 atom stereocenters. The molecule has 0 unspecified atom stereocenters. The smallest absolute Gasteiger partial charge is 0.248 e. The first-order valence-electron chi connectivity index (χ1n) is 7.96. The molecule has 2 aromatic carbocycles. The average molecular weight is 325 g/mol. The van der Waals surface area contributed by atoms with Crippen LogP contribution in [0.3, 0.4) is 0 Å². The molecule has 0 spiro atoms. The van der Waals surface area contributed by atoms with Crippen molar-refractivity contribution in [2.24, 2.45) is 5.73 Å². The van der Waals surface area contributed by atoms with Gasteiger partial charge in [-0.2, -0.15) is 0 Å². The van der Waals surface area contributed by atoms with Crippen LogP contribution in [0.4, 0.5) is 0 Å². The van der Waals surface area contributed by atoms with Gasteiger partial charge in [-0.1, -0.05) is 18.2 Å². The fourth-order valence-corrected chi connectivity index (χ4v) is 2.48. The first kappa shape index (κ1) is 17.7. The lowest BCUT2D eigenvalue weighted by Gasteiger charge is -2.32. The first-order valence-corrected chi connectivity index (χ1v) is 7.96. The summed E-state index contributed by atoms with van der Waals surface area (Å²) in [7, 11) is 0. The number of nitrogens with two attached hydrogens (primary N) is 1. The molecule has 0 radical (unpaired) electrons. The molecule has 2 aromatic rings. The second kappa shape index (κ2) is 7.30. The van der Waals surface area contributed by atoms with Crippen molar-refractivity contribution < 1.29 is 14.3 Å². The Hall–Kier alpha value is -2.62. The number of carbonyl (C=O) groups is 2. The topological polar surface area (TPSA) is 69.4 Å². The quantitative estimate of drug-likeness (QED) is 0.854. The lowest BCUT2D eigenvalue weighted by Crippen LogP contribution is -2.32. The maximum atomic E-state index is 11.2. The van der Waals surface area contributed by atoms with Gasteiger partial charge in [0.25, 0.3) is 0 Å². The summed E-state index contributed by atoms with van der Waals surface area (Å²) in [5.41, 5.74) is 7.38. The molecule has 1 aliphatic heterocycles. The van der Waals surface area contributed by atoms with Crippen molar-refractivity contribution in [1.29, 1.82) is 0 Å². The molecular formula is C20H23NO3. The first-order chi connectivity index (χ1) is 11.3. The third-order valence-electron chi connectivity index (χ3n) is 3.91. The van der Waals surface area contributed by atoms with E-state index < -0.39 is 0 Å². The summed E-state index contributed by atoms with van der Waals surface area (Å²) in [6.45, 7) is 5.78. The Morgan fingerprint density at radius 1 is 1.04 bits per heavy atom. The van der Waals surface area contributed by atoms with Crippen LogP contribution >= 0.6 is 0 Å². The number of fused-ring (bicyclic) bond motifs is 1. The monoisotopic (exact) mass is 325 g/mol. The molecular weight excluding hydrogens is 302 g/mol. The molecule has 4 heteroatoms. The van der Waals surface area contributed by atoms with Crippen molar-refractivity contribution in [3.05, 3.63) is 65.2 Å². The van der Waals surface area contributed by atoms with Gasteiger partial charge < -0.3 is 10.5 Å². The fraction of sp³-hybridized carbons (Fsp3) is 0.300. The average Bonchev–Trinajstić information content (AvgIpc) is 2.55. The molecule has 126 valence electrons. The van der Waals surface area contributed by atoms with Gasteiger partial charge in [-0.15, -0.1) is 0 Å². The highest BCUT2D eigenvalue weighted by molar-refractivity contribution is 5.94. The van der Waals surface area contributed by atoms with Crippen LogP contribution in [0.1, 0.15) is 53.5 Å². The van der Waals surface area contributed by atoms with Crippen LogP contribution in [0, 0.1) is 0 Å². The third-order valence-corrected chi connectivity index (χ3v) is 3.91. The highest BCUT2D eigenvalue weighted by Gasteiger charge is 2.26. The van der Waals surface area contributed by atoms with Crippen LogP contribution in [0.5, 0.6) is 5.75 Å². The predicted octanol–water partition coefficient (Wildman–Crippen LogP) is 3.78. The maximum Gasteiger partial charge on any atom is 0.248 e. The second-order valence-electron chi connectivity index (χ2n) is 6.47. The van der Waals surface area contributed by atoms with E-state index in [0.29, 0.717) is 5.56 Å². The minimum absolute atomic E-state index is 0.0786. The Morgan fingerprint density at radius 2 is 1.71 bits per heavy atom. The largest absolute Gasteiger partial charge is 0.488 e. The summed E-state index contributed by atoms with van der Waals surface area (Å²) in [6.07, 6.45) is 1.99. The SMILES string of the molecule is CC(=O)c1ccc2c(c1)CCC(C)(C)O2.NC(=O)c1ccccc1. The zero-order valence-electron chi connectivity index (χ0n) is 14.3. The molecule has 4 nitrogen and oxygen atoms in total. The van der Waals surface area contributed by atoms with Gasteiger partial charge in [-0.25, -0.2) is 0 Å². The van der Waals surface area contributed by atoms with E-state index in [-0.39, 0.29) is 17.3 Å². The zero-order valence-corrected chi connectivity index (χ0v) is 14.3. The lowest BCUT2D eigenvalue weighted by molar-refractivity contribution is 0.0846. The van der Waals surface area contributed by atoms with Crippen LogP contribution in [-0.2, 0) is 6.42 Å². The number of primary amides is 1. The summed E-state index contributed by atoms with van der Waals surface area (Å²) >= 11 is 0. The third kappa shape index (κ3) is 4.69. The molecule has 1 heterocycles. The van der Waals surface area contributed by atoms with E-state index in [1.54, 1.807) is 31.2 Å². The highest BCUT2D eigenvalue weighted by Crippen LogP contribution is 2.33. The van der Waals surface area contributed by atoms with E-state index in [1.807, 2.05) is 24.3 Å². The van der Waals surface area contributed by atoms with Gasteiger partial charge in [0.1, 0.15) is 11.4 Å². The Kier molecular flexibility index (Phi) is 5.39. The van der Waals surface area contributed by atoms with Gasteiger partial charge in [0.2, 0.25) is 5.91 Å². The number of aryl methyl sites for hydroxylation is 1. The number of Topliss-reactive ketones (excluding diaryl/α,β-unsaturated/α-hetero) is 1. The Bertz CT molecular complexity index is 736. The molecule has 0 bridgehead atoms. The van der Waals surface area contributed by atoms with Crippen molar-refractivity contribution in [3.8, 4) is 5.75 Å². The molecule has 24 heavy (non-hydrogen) atoms. The highest BCUT2D eigenvalue weighted by atomic mass is 16.5. The molecule has 3 rings (SSSR count). The van der Waals surface area contributed by atoms with Crippen molar-refractivity contribution >= 4 is 11.7 Å². The molecule has 0 fully saturated rings. The van der Waals surface area contributed by atoms with Crippen molar-refractivity contribution in [2.45, 2.75) is 39.2 Å². The summed E-state index contributed by atoms with van der Waals surface area (Å²) in [5, 5.41) is 0. The van der Waals surface area contributed by atoms with Crippen molar-refractivity contribution in [3.63, 3.8) is 0 Å². The normalized spacial score (nSPS) is 14.5. The van der Waals surface area contributed by atoms with Gasteiger partial charge in [0, 0.05) is 11.1 Å². The molecule has 2 N–H and O–H groups in total. The Morgan fingerprint density at radius 3 is 2.25 bits per heavy atom. The maximum absolute atomic E-state index is 11.2. The zero-order chi connectivity index (χ0) is 17.7. The Balaban J connectivity index is 0.000000198. The lowest BCUT2D eigenvalue weighted by atomic mass is 9.93. The van der Waals surface area contributed by atoms with Gasteiger partial charge in [0.05, 0.1) is 0 Å². The van der Waals surface area contributed by atoms with E-state index in [0.717, 1.165) is 29.7 Å². The van der Waals surface area contributed by atoms with Gasteiger partial charge >= 0.3 is 0 Å². The number of carbonyl (C=O) groups excluding carboxylic acids is 2. The number of hydrogen-bond donors (Lipinski definition) is 1. The fourth-order valence-electron chi connectivity index (χ4n) is 2.48. The molecule has 0 saturated carbocycles. The minimum Gasteiger partial charge on any atom is -0.488 e. The summed E-state index contributed by atoms with van der Waals surface area (Å²) in [4.78, 5) is 21.6. The van der Waals surface area contributed by atoms with Gasteiger partial charge in [-0.3, -0.25) is 9.59 Å². The molecule has 0 aromatic heterocycles. The summed E-state index contributed by atoms with van der Waals surface area (Å²) in [6, 6.07) is 14.5. The second-order valence-corrected chi connectivity index (χ2v) is 6.47. The van der Waals surface area contributed by atoms with Crippen LogP contribution in [-0.4, -0.2) is 17.3 Å². The van der Waals surface area contributed by atoms with Crippen LogP contribution in [0.2, 0.25) is 0 Å². The van der Waals surface area contributed by atoms with Crippen LogP contribution in [0.15, 0.2) is 48.5 Å². The van der Waals surface area contributed by atoms with Gasteiger partial charge in [0.15, 0.2) is 5.78 Å². The Labute approximate surface area is 142 Å². The molecule has 1 aliphatic rings. The molecule has 1 amide bonds.